The zero-order valence-corrected chi connectivity index (χ0v) is 14.1. The SMILES string of the molecule is O=C1C2=C(Nc3ccc4c(c3)OCO4)C=CC3=NOC([C]32)c2ccccc21. The van der Waals surface area contributed by atoms with Crippen molar-refractivity contribution in [3.63, 3.8) is 0 Å². The van der Waals surface area contributed by atoms with Gasteiger partial charge in [-0.05, 0) is 24.3 Å². The minimum absolute atomic E-state index is 0.0253. The van der Waals surface area contributed by atoms with Gasteiger partial charge in [0.1, 0.15) is 5.92 Å². The summed E-state index contributed by atoms with van der Waals surface area (Å²) in [5, 5.41) is 7.51. The quantitative estimate of drug-likeness (QED) is 0.890. The molecule has 1 radical (unpaired) electrons. The standard InChI is InChI=1S/C21H13N2O4/c24-20-12-3-1-2-4-13(12)21-19-15(23-27-21)7-6-14(18(19)20)22-11-5-8-16-17(9-11)26-10-25-16/h1-9,21-22H,10H2. The maximum atomic E-state index is 13.2. The van der Waals surface area contributed by atoms with Crippen molar-refractivity contribution in [2.75, 3.05) is 12.1 Å². The molecule has 0 aromatic heterocycles. The number of hydrogen-bond acceptors (Lipinski definition) is 6. The van der Waals surface area contributed by atoms with E-state index in [1.807, 2.05) is 54.6 Å². The van der Waals surface area contributed by atoms with Crippen LogP contribution >= 0.6 is 0 Å². The van der Waals surface area contributed by atoms with Gasteiger partial charge in [0.25, 0.3) is 0 Å². The van der Waals surface area contributed by atoms with Crippen LogP contribution in [0.3, 0.4) is 0 Å². The predicted octanol–water partition coefficient (Wildman–Crippen LogP) is 3.55. The van der Waals surface area contributed by atoms with Gasteiger partial charge >= 0.3 is 0 Å². The van der Waals surface area contributed by atoms with Gasteiger partial charge in [-0.25, -0.2) is 0 Å². The molecule has 2 aliphatic heterocycles. The van der Waals surface area contributed by atoms with E-state index < -0.39 is 0 Å². The Morgan fingerprint density at radius 1 is 1.04 bits per heavy atom. The van der Waals surface area contributed by atoms with Gasteiger partial charge in [-0.3, -0.25) is 4.79 Å². The molecule has 0 amide bonds. The molecule has 2 heterocycles. The fourth-order valence-electron chi connectivity index (χ4n) is 3.87. The number of rotatable bonds is 2. The first-order valence-corrected chi connectivity index (χ1v) is 8.64. The Bertz CT molecular complexity index is 1100. The molecule has 1 N–H and O–H groups in total. The fraction of sp³-hybridized carbons (Fsp3) is 0.0952. The smallest absolute Gasteiger partial charge is 0.231 e. The van der Waals surface area contributed by atoms with E-state index in [9.17, 15) is 4.79 Å². The lowest BCUT2D eigenvalue weighted by atomic mass is 9.72. The minimum atomic E-state index is -0.345. The second-order valence-electron chi connectivity index (χ2n) is 6.61. The van der Waals surface area contributed by atoms with E-state index in [1.165, 1.54) is 0 Å². The van der Waals surface area contributed by atoms with Crippen molar-refractivity contribution in [2.24, 2.45) is 5.16 Å². The fourth-order valence-corrected chi connectivity index (χ4v) is 3.87. The van der Waals surface area contributed by atoms with Gasteiger partial charge in [-0.15, -0.1) is 0 Å². The highest BCUT2D eigenvalue weighted by molar-refractivity contribution is 6.26. The van der Waals surface area contributed by atoms with Crippen LogP contribution in [0.15, 0.2) is 71.0 Å². The van der Waals surface area contributed by atoms with E-state index in [0.717, 1.165) is 22.9 Å². The van der Waals surface area contributed by atoms with Crippen LogP contribution < -0.4 is 14.8 Å². The Morgan fingerprint density at radius 2 is 1.93 bits per heavy atom. The van der Waals surface area contributed by atoms with E-state index in [-0.39, 0.29) is 18.7 Å². The highest BCUT2D eigenvalue weighted by Crippen LogP contribution is 2.49. The summed E-state index contributed by atoms with van der Waals surface area (Å²) in [5.41, 5.74) is 4.35. The third-order valence-electron chi connectivity index (χ3n) is 5.11. The molecule has 0 spiro atoms. The lowest BCUT2D eigenvalue weighted by Gasteiger charge is -2.30. The molecule has 0 bridgehead atoms. The number of hydrogen-bond donors (Lipinski definition) is 1. The average molecular weight is 357 g/mol. The van der Waals surface area contributed by atoms with Crippen molar-refractivity contribution in [3.05, 3.63) is 82.9 Å². The third-order valence-corrected chi connectivity index (χ3v) is 5.11. The Morgan fingerprint density at radius 3 is 2.89 bits per heavy atom. The normalized spacial score (nSPS) is 21.6. The number of anilines is 1. The van der Waals surface area contributed by atoms with Gasteiger partial charge in [0.15, 0.2) is 23.4 Å². The number of ketones is 1. The first-order valence-electron chi connectivity index (χ1n) is 8.64. The number of nitrogens with zero attached hydrogens (tertiary/aromatic N) is 1. The van der Waals surface area contributed by atoms with Gasteiger partial charge in [0, 0.05) is 34.2 Å². The van der Waals surface area contributed by atoms with E-state index in [4.69, 9.17) is 14.3 Å². The number of Topliss-reactive ketones (excluding diaryl/α,β-unsaturated/α-hetero) is 1. The number of benzene rings is 2. The zero-order valence-electron chi connectivity index (χ0n) is 14.1. The van der Waals surface area contributed by atoms with Crippen molar-refractivity contribution < 1.29 is 19.1 Å². The summed E-state index contributed by atoms with van der Waals surface area (Å²) in [7, 11) is 0. The van der Waals surface area contributed by atoms with Gasteiger partial charge in [0.05, 0.1) is 5.71 Å². The first kappa shape index (κ1) is 14.6. The molecule has 6 heteroatoms. The second kappa shape index (κ2) is 5.23. The van der Waals surface area contributed by atoms with Gasteiger partial charge < -0.3 is 19.6 Å². The number of oxime groups is 1. The largest absolute Gasteiger partial charge is 0.454 e. The monoisotopic (exact) mass is 357 g/mol. The molecule has 1 unspecified atom stereocenters. The average Bonchev–Trinajstić information content (AvgIpc) is 3.33. The molecule has 131 valence electrons. The van der Waals surface area contributed by atoms with Crippen LogP contribution in [0.4, 0.5) is 5.69 Å². The number of carbonyl (C=O) groups excluding carboxylic acids is 1. The van der Waals surface area contributed by atoms with Crippen molar-refractivity contribution in [2.45, 2.75) is 6.10 Å². The molecule has 6 rings (SSSR count). The van der Waals surface area contributed by atoms with Gasteiger partial charge in [-0.2, -0.15) is 0 Å². The van der Waals surface area contributed by atoms with Crippen LogP contribution in [-0.2, 0) is 4.84 Å². The topological polar surface area (TPSA) is 69.2 Å². The van der Waals surface area contributed by atoms with Crippen molar-refractivity contribution in [3.8, 4) is 11.5 Å². The van der Waals surface area contributed by atoms with Crippen LogP contribution in [0.5, 0.6) is 11.5 Å². The summed E-state index contributed by atoms with van der Waals surface area (Å²) < 4.78 is 10.8. The van der Waals surface area contributed by atoms with Crippen molar-refractivity contribution in [1.82, 2.24) is 0 Å². The lowest BCUT2D eigenvalue weighted by molar-refractivity contribution is 0.0851. The molecule has 27 heavy (non-hydrogen) atoms. The highest BCUT2D eigenvalue weighted by Gasteiger charge is 2.48. The van der Waals surface area contributed by atoms with Gasteiger partial charge in [0.2, 0.25) is 6.79 Å². The molecular weight excluding hydrogens is 344 g/mol. The van der Waals surface area contributed by atoms with Crippen LogP contribution in [0.2, 0.25) is 0 Å². The molecule has 4 aliphatic rings. The maximum Gasteiger partial charge on any atom is 0.231 e. The summed E-state index contributed by atoms with van der Waals surface area (Å²) in [6.45, 7) is 0.221. The predicted molar refractivity (Wildman–Crippen MR) is 97.6 cm³/mol. The van der Waals surface area contributed by atoms with E-state index >= 15 is 0 Å². The van der Waals surface area contributed by atoms with Gasteiger partial charge in [-0.1, -0.05) is 29.4 Å². The summed E-state index contributed by atoms with van der Waals surface area (Å²) in [4.78, 5) is 18.9. The Hall–Kier alpha value is -3.54. The summed E-state index contributed by atoms with van der Waals surface area (Å²) >= 11 is 0. The molecule has 1 atom stereocenters. The summed E-state index contributed by atoms with van der Waals surface area (Å²) in [6.07, 6.45) is 3.39. The van der Waals surface area contributed by atoms with E-state index in [1.54, 1.807) is 0 Å². The second-order valence-corrected chi connectivity index (χ2v) is 6.61. The van der Waals surface area contributed by atoms with Crippen molar-refractivity contribution >= 4 is 17.2 Å². The molecule has 0 fully saturated rings. The highest BCUT2D eigenvalue weighted by atomic mass is 16.7. The number of ether oxygens (including phenoxy) is 2. The minimum Gasteiger partial charge on any atom is -0.454 e. The Kier molecular flexibility index (Phi) is 2.83. The molecule has 6 nitrogen and oxygen atoms in total. The number of fused-ring (bicyclic) bond motifs is 3. The van der Waals surface area contributed by atoms with E-state index in [2.05, 4.69) is 10.5 Å². The first-order chi connectivity index (χ1) is 13.3. The summed E-state index contributed by atoms with van der Waals surface area (Å²) in [6, 6.07) is 13.1. The summed E-state index contributed by atoms with van der Waals surface area (Å²) in [5.74, 6) is 2.20. The van der Waals surface area contributed by atoms with E-state index in [0.29, 0.717) is 28.3 Å². The number of nitrogens with one attached hydrogen (secondary N) is 1. The zero-order chi connectivity index (χ0) is 18.0. The van der Waals surface area contributed by atoms with Crippen LogP contribution in [0.1, 0.15) is 22.0 Å². The van der Waals surface area contributed by atoms with Crippen LogP contribution in [0.25, 0.3) is 0 Å². The number of carbonyl (C=O) groups is 1. The molecular formula is C21H13N2O4. The third kappa shape index (κ3) is 2.01. The molecule has 0 saturated carbocycles. The number of allylic oxidation sites excluding steroid dienone is 2. The Labute approximate surface area is 154 Å². The molecule has 2 aromatic carbocycles. The van der Waals surface area contributed by atoms with Crippen LogP contribution in [-0.4, -0.2) is 18.3 Å². The van der Waals surface area contributed by atoms with Crippen molar-refractivity contribution in [1.29, 1.82) is 0 Å². The molecule has 2 aliphatic carbocycles. The molecule has 2 aromatic rings. The van der Waals surface area contributed by atoms with Crippen LogP contribution in [0, 0.1) is 5.92 Å². The maximum absolute atomic E-state index is 13.2. The lowest BCUT2D eigenvalue weighted by Crippen LogP contribution is -2.32. The molecule has 0 saturated heterocycles. The Balaban J connectivity index is 1.47.